The fourth-order valence-corrected chi connectivity index (χ4v) is 2.24. The first-order valence-corrected chi connectivity index (χ1v) is 6.88. The van der Waals surface area contributed by atoms with Crippen LogP contribution in [-0.4, -0.2) is 30.6 Å². The van der Waals surface area contributed by atoms with Gasteiger partial charge in [0.05, 0.1) is 5.01 Å². The van der Waals surface area contributed by atoms with E-state index in [0.29, 0.717) is 6.04 Å². The zero-order valence-electron chi connectivity index (χ0n) is 11.1. The molecule has 2 N–H and O–H groups in total. The van der Waals surface area contributed by atoms with E-state index in [-0.39, 0.29) is 0 Å². The average Bonchev–Trinajstić information content (AvgIpc) is 2.75. The van der Waals surface area contributed by atoms with E-state index in [9.17, 15) is 0 Å². The van der Waals surface area contributed by atoms with Crippen molar-refractivity contribution in [1.82, 2.24) is 15.6 Å². The number of aliphatic imine (C=N–C) groups is 1. The van der Waals surface area contributed by atoms with Crippen molar-refractivity contribution in [1.29, 1.82) is 0 Å². The Morgan fingerprint density at radius 2 is 2.29 bits per heavy atom. The normalized spacial score (nSPS) is 11.9. The molecule has 0 unspecified atom stereocenters. The summed E-state index contributed by atoms with van der Waals surface area (Å²) < 4.78 is 0. The maximum Gasteiger partial charge on any atom is 0.191 e. The van der Waals surface area contributed by atoms with E-state index in [1.54, 1.807) is 18.4 Å². The maximum absolute atomic E-state index is 4.39. The number of aryl methyl sites for hydroxylation is 1. The smallest absolute Gasteiger partial charge is 0.191 e. The molecule has 0 bridgehead atoms. The second-order valence-electron chi connectivity index (χ2n) is 4.12. The number of guanidine groups is 1. The monoisotopic (exact) mass is 254 g/mol. The second-order valence-corrected chi connectivity index (χ2v) is 5.32. The molecular formula is C12H22N4S. The molecular weight excluding hydrogens is 232 g/mol. The van der Waals surface area contributed by atoms with Gasteiger partial charge in [-0.2, -0.15) is 0 Å². The highest BCUT2D eigenvalue weighted by atomic mass is 32.1. The van der Waals surface area contributed by atoms with Crippen molar-refractivity contribution >= 4 is 17.3 Å². The van der Waals surface area contributed by atoms with Crippen LogP contribution in [0.4, 0.5) is 0 Å². The van der Waals surface area contributed by atoms with E-state index in [4.69, 9.17) is 0 Å². The lowest BCUT2D eigenvalue weighted by Gasteiger charge is -2.13. The van der Waals surface area contributed by atoms with E-state index in [2.05, 4.69) is 41.4 Å². The molecule has 1 aromatic heterocycles. The molecule has 96 valence electrons. The van der Waals surface area contributed by atoms with Crippen molar-refractivity contribution in [2.45, 2.75) is 39.7 Å². The van der Waals surface area contributed by atoms with Gasteiger partial charge in [0.1, 0.15) is 0 Å². The quantitative estimate of drug-likeness (QED) is 0.622. The van der Waals surface area contributed by atoms with Crippen LogP contribution >= 0.6 is 11.3 Å². The molecule has 0 aliphatic rings. The van der Waals surface area contributed by atoms with Crippen molar-refractivity contribution in [2.24, 2.45) is 4.99 Å². The lowest BCUT2D eigenvalue weighted by molar-refractivity contribution is 0.697. The van der Waals surface area contributed by atoms with Gasteiger partial charge in [-0.05, 0) is 20.3 Å². The first-order chi connectivity index (χ1) is 8.15. The van der Waals surface area contributed by atoms with Crippen molar-refractivity contribution in [3.8, 4) is 0 Å². The zero-order chi connectivity index (χ0) is 12.7. The predicted octanol–water partition coefficient (Wildman–Crippen LogP) is 1.82. The van der Waals surface area contributed by atoms with Gasteiger partial charge in [0.25, 0.3) is 0 Å². The third kappa shape index (κ3) is 5.17. The zero-order valence-corrected chi connectivity index (χ0v) is 11.9. The standard InChI is InChI=1S/C12H22N4S/c1-5-10-8-15-11(17-10)6-7-14-12(13-4)16-9(2)3/h8-9H,5-7H2,1-4H3,(H2,13,14,16). The van der Waals surface area contributed by atoms with Gasteiger partial charge in [-0.3, -0.25) is 4.99 Å². The molecule has 1 aromatic rings. The van der Waals surface area contributed by atoms with Gasteiger partial charge < -0.3 is 10.6 Å². The Bertz CT molecular complexity index is 357. The molecule has 0 spiro atoms. The minimum atomic E-state index is 0.396. The largest absolute Gasteiger partial charge is 0.356 e. The van der Waals surface area contributed by atoms with Gasteiger partial charge in [-0.25, -0.2) is 4.98 Å². The van der Waals surface area contributed by atoms with Gasteiger partial charge >= 0.3 is 0 Å². The highest BCUT2D eigenvalue weighted by Crippen LogP contribution is 2.13. The van der Waals surface area contributed by atoms with Crippen LogP contribution < -0.4 is 10.6 Å². The molecule has 0 saturated heterocycles. The molecule has 0 radical (unpaired) electrons. The summed E-state index contributed by atoms with van der Waals surface area (Å²) in [7, 11) is 1.79. The van der Waals surface area contributed by atoms with Crippen LogP contribution in [-0.2, 0) is 12.8 Å². The summed E-state index contributed by atoms with van der Waals surface area (Å²) >= 11 is 1.79. The van der Waals surface area contributed by atoms with E-state index in [1.807, 2.05) is 6.20 Å². The highest BCUT2D eigenvalue weighted by molar-refractivity contribution is 7.11. The minimum Gasteiger partial charge on any atom is -0.356 e. The number of hydrogen-bond acceptors (Lipinski definition) is 3. The topological polar surface area (TPSA) is 49.3 Å². The van der Waals surface area contributed by atoms with Gasteiger partial charge in [0.2, 0.25) is 0 Å². The summed E-state index contributed by atoms with van der Waals surface area (Å²) in [6, 6.07) is 0.396. The van der Waals surface area contributed by atoms with Crippen molar-refractivity contribution in [3.63, 3.8) is 0 Å². The predicted molar refractivity (Wildman–Crippen MR) is 74.8 cm³/mol. The van der Waals surface area contributed by atoms with E-state index in [1.165, 1.54) is 9.88 Å². The summed E-state index contributed by atoms with van der Waals surface area (Å²) in [5, 5.41) is 7.73. The minimum absolute atomic E-state index is 0.396. The summed E-state index contributed by atoms with van der Waals surface area (Å²) in [6.07, 6.45) is 3.99. The molecule has 1 heterocycles. The van der Waals surface area contributed by atoms with E-state index < -0.39 is 0 Å². The molecule has 0 aromatic carbocycles. The number of aromatic nitrogens is 1. The number of hydrogen-bond donors (Lipinski definition) is 2. The van der Waals surface area contributed by atoms with Crippen LogP contribution in [0, 0.1) is 0 Å². The molecule has 5 heteroatoms. The number of nitrogens with zero attached hydrogens (tertiary/aromatic N) is 2. The van der Waals surface area contributed by atoms with Crippen LogP contribution in [0.15, 0.2) is 11.2 Å². The highest BCUT2D eigenvalue weighted by Gasteiger charge is 2.02. The van der Waals surface area contributed by atoms with Gasteiger partial charge in [0, 0.05) is 37.1 Å². The van der Waals surface area contributed by atoms with Crippen molar-refractivity contribution in [2.75, 3.05) is 13.6 Å². The van der Waals surface area contributed by atoms with E-state index >= 15 is 0 Å². The first-order valence-electron chi connectivity index (χ1n) is 6.06. The number of rotatable bonds is 5. The molecule has 1 rings (SSSR count). The Morgan fingerprint density at radius 3 is 2.82 bits per heavy atom. The third-order valence-electron chi connectivity index (χ3n) is 2.23. The first kappa shape index (κ1) is 14.0. The number of thiazole rings is 1. The van der Waals surface area contributed by atoms with Crippen LogP contribution in [0.5, 0.6) is 0 Å². The SMILES string of the molecule is CCc1cnc(CCNC(=NC)NC(C)C)s1. The summed E-state index contributed by atoms with van der Waals surface area (Å²) in [6.45, 7) is 7.22. The van der Waals surface area contributed by atoms with Crippen molar-refractivity contribution < 1.29 is 0 Å². The lowest BCUT2D eigenvalue weighted by Crippen LogP contribution is -2.41. The summed E-state index contributed by atoms with van der Waals surface area (Å²) in [5.41, 5.74) is 0. The van der Waals surface area contributed by atoms with Crippen LogP contribution in [0.1, 0.15) is 30.7 Å². The van der Waals surface area contributed by atoms with Gasteiger partial charge in [0.15, 0.2) is 5.96 Å². The maximum atomic E-state index is 4.39. The molecule has 4 nitrogen and oxygen atoms in total. The fraction of sp³-hybridized carbons (Fsp3) is 0.667. The molecule has 0 amide bonds. The molecule has 0 atom stereocenters. The third-order valence-corrected chi connectivity index (χ3v) is 3.43. The van der Waals surface area contributed by atoms with Gasteiger partial charge in [-0.15, -0.1) is 11.3 Å². The molecule has 0 saturated carbocycles. The Hall–Kier alpha value is -1.10. The fourth-order valence-electron chi connectivity index (χ4n) is 1.38. The van der Waals surface area contributed by atoms with Crippen LogP contribution in [0.2, 0.25) is 0 Å². The molecule has 0 aliphatic carbocycles. The Balaban J connectivity index is 2.31. The Kier molecular flexibility index (Phi) is 5.97. The Labute approximate surface area is 108 Å². The average molecular weight is 254 g/mol. The molecule has 0 fully saturated rings. The molecule has 17 heavy (non-hydrogen) atoms. The second kappa shape index (κ2) is 7.27. The lowest BCUT2D eigenvalue weighted by atomic mass is 10.4. The summed E-state index contributed by atoms with van der Waals surface area (Å²) in [4.78, 5) is 9.90. The molecule has 0 aliphatic heterocycles. The van der Waals surface area contributed by atoms with Gasteiger partial charge in [-0.1, -0.05) is 6.92 Å². The number of nitrogens with one attached hydrogen (secondary N) is 2. The summed E-state index contributed by atoms with van der Waals surface area (Å²) in [5.74, 6) is 0.854. The van der Waals surface area contributed by atoms with Crippen molar-refractivity contribution in [3.05, 3.63) is 16.1 Å². The van der Waals surface area contributed by atoms with Crippen LogP contribution in [0.25, 0.3) is 0 Å². The van der Waals surface area contributed by atoms with E-state index in [0.717, 1.165) is 25.3 Å². The Morgan fingerprint density at radius 1 is 1.53 bits per heavy atom. The van der Waals surface area contributed by atoms with Crippen LogP contribution in [0.3, 0.4) is 0 Å².